The van der Waals surface area contributed by atoms with E-state index in [0.717, 1.165) is 0 Å². The fraction of sp³-hybridized carbons (Fsp3) is 0.200. The molecule has 0 aromatic rings. The summed E-state index contributed by atoms with van der Waals surface area (Å²) in [6.07, 6.45) is -1.27. The molecule has 1 aliphatic rings. The minimum absolute atomic E-state index is 0.101. The molecule has 1 unspecified atom stereocenters. The SMILES string of the molecule is N=C1C(Cl)=C(Cl)NC(C(=O)O)N1Cl. The van der Waals surface area contributed by atoms with Gasteiger partial charge >= 0.3 is 5.97 Å². The van der Waals surface area contributed by atoms with Gasteiger partial charge in [0, 0.05) is 11.8 Å². The van der Waals surface area contributed by atoms with Crippen LogP contribution in [-0.4, -0.2) is 27.5 Å². The predicted molar refractivity (Wildman–Crippen MR) is 48.7 cm³/mol. The molecule has 0 amide bonds. The number of carbonyl (C=O) groups is 1. The summed E-state index contributed by atoms with van der Waals surface area (Å²) >= 11 is 16.5. The van der Waals surface area contributed by atoms with Crippen LogP contribution in [0.4, 0.5) is 0 Å². The lowest BCUT2D eigenvalue weighted by Gasteiger charge is -2.29. The summed E-state index contributed by atoms with van der Waals surface area (Å²) in [6, 6.07) is 0. The first kappa shape index (κ1) is 10.4. The molecule has 0 saturated heterocycles. The molecule has 1 aliphatic heterocycles. The molecule has 0 fully saturated rings. The number of aliphatic carboxylic acids is 1. The Morgan fingerprint density at radius 1 is 1.62 bits per heavy atom. The van der Waals surface area contributed by atoms with E-state index in [1.54, 1.807) is 0 Å². The van der Waals surface area contributed by atoms with Crippen molar-refractivity contribution in [1.82, 2.24) is 9.74 Å². The van der Waals surface area contributed by atoms with Gasteiger partial charge in [-0.2, -0.15) is 0 Å². The molecule has 0 aromatic heterocycles. The first-order valence-corrected chi connectivity index (χ1v) is 4.13. The molecule has 0 saturated carbocycles. The second-order valence-electron chi connectivity index (χ2n) is 2.17. The first-order valence-electron chi connectivity index (χ1n) is 3.03. The van der Waals surface area contributed by atoms with Crippen molar-refractivity contribution in [2.24, 2.45) is 0 Å². The van der Waals surface area contributed by atoms with E-state index in [1.807, 2.05) is 0 Å². The van der Waals surface area contributed by atoms with E-state index < -0.39 is 12.1 Å². The Kier molecular flexibility index (Phi) is 2.90. The number of amidine groups is 1. The van der Waals surface area contributed by atoms with Crippen molar-refractivity contribution in [3.63, 3.8) is 0 Å². The molecule has 0 spiro atoms. The highest BCUT2D eigenvalue weighted by atomic mass is 35.5. The van der Waals surface area contributed by atoms with E-state index in [2.05, 4.69) is 5.32 Å². The average molecular weight is 244 g/mol. The number of carboxylic acids is 1. The fourth-order valence-corrected chi connectivity index (χ4v) is 1.32. The highest BCUT2D eigenvalue weighted by molar-refractivity contribution is 6.50. The van der Waals surface area contributed by atoms with Gasteiger partial charge < -0.3 is 10.4 Å². The van der Waals surface area contributed by atoms with Crippen LogP contribution in [-0.2, 0) is 4.79 Å². The number of nitrogens with one attached hydrogen (secondary N) is 2. The van der Waals surface area contributed by atoms with Crippen molar-refractivity contribution in [3.8, 4) is 0 Å². The largest absolute Gasteiger partial charge is 0.478 e. The van der Waals surface area contributed by atoms with Gasteiger partial charge in [-0.05, 0) is 0 Å². The van der Waals surface area contributed by atoms with Crippen LogP contribution in [0.3, 0.4) is 0 Å². The van der Waals surface area contributed by atoms with Gasteiger partial charge in [0.1, 0.15) is 10.2 Å². The Balaban J connectivity index is 3.01. The molecule has 0 radical (unpaired) electrons. The van der Waals surface area contributed by atoms with Gasteiger partial charge in [-0.15, -0.1) is 0 Å². The summed E-state index contributed by atoms with van der Waals surface area (Å²) in [7, 11) is 0. The van der Waals surface area contributed by atoms with Crippen LogP contribution >= 0.6 is 35.0 Å². The maximum atomic E-state index is 10.6. The lowest BCUT2D eigenvalue weighted by molar-refractivity contribution is -0.141. The quantitative estimate of drug-likeness (QED) is 0.476. The van der Waals surface area contributed by atoms with Crippen LogP contribution in [0.2, 0.25) is 0 Å². The van der Waals surface area contributed by atoms with Crippen molar-refractivity contribution >= 4 is 46.8 Å². The summed E-state index contributed by atoms with van der Waals surface area (Å²) in [6.45, 7) is 0. The van der Waals surface area contributed by atoms with E-state index in [9.17, 15) is 4.79 Å². The molecule has 1 atom stereocenters. The van der Waals surface area contributed by atoms with Crippen molar-refractivity contribution < 1.29 is 9.90 Å². The van der Waals surface area contributed by atoms with E-state index in [1.165, 1.54) is 0 Å². The highest BCUT2D eigenvalue weighted by Gasteiger charge is 2.33. The fourth-order valence-electron chi connectivity index (χ4n) is 0.726. The molecule has 1 rings (SSSR count). The molecular weight excluding hydrogens is 240 g/mol. The molecule has 3 N–H and O–H groups in total. The Labute approximate surface area is 88.5 Å². The summed E-state index contributed by atoms with van der Waals surface area (Å²) < 4.78 is 0.649. The van der Waals surface area contributed by atoms with Gasteiger partial charge in [-0.25, -0.2) is 9.21 Å². The Morgan fingerprint density at radius 2 is 2.15 bits per heavy atom. The lowest BCUT2D eigenvalue weighted by atomic mass is 10.3. The maximum Gasteiger partial charge on any atom is 0.348 e. The van der Waals surface area contributed by atoms with Crippen LogP contribution in [0, 0.1) is 5.41 Å². The third-order valence-electron chi connectivity index (χ3n) is 1.34. The van der Waals surface area contributed by atoms with Gasteiger partial charge in [0.15, 0.2) is 5.84 Å². The van der Waals surface area contributed by atoms with Gasteiger partial charge in [0.25, 0.3) is 0 Å². The summed E-state index contributed by atoms with van der Waals surface area (Å²) in [5, 5.41) is 18.0. The highest BCUT2D eigenvalue weighted by Crippen LogP contribution is 2.23. The van der Waals surface area contributed by atoms with Crippen LogP contribution in [0.1, 0.15) is 0 Å². The standard InChI is InChI=1S/C5H4Cl3N3O2/c6-1-2(7)10-4(5(12)13)11(8)3(1)9/h4,9-10H,(H,12,13). The van der Waals surface area contributed by atoms with Gasteiger partial charge in [-0.1, -0.05) is 23.2 Å². The maximum absolute atomic E-state index is 10.6. The monoisotopic (exact) mass is 243 g/mol. The van der Waals surface area contributed by atoms with E-state index >= 15 is 0 Å². The molecule has 72 valence electrons. The predicted octanol–water partition coefficient (Wildman–Crippen LogP) is 1.08. The van der Waals surface area contributed by atoms with Crippen LogP contribution < -0.4 is 5.32 Å². The van der Waals surface area contributed by atoms with Crippen molar-refractivity contribution in [2.45, 2.75) is 6.17 Å². The van der Waals surface area contributed by atoms with Crippen LogP contribution in [0.5, 0.6) is 0 Å². The smallest absolute Gasteiger partial charge is 0.348 e. The number of hydrogen-bond donors (Lipinski definition) is 3. The Bertz CT molecular complexity index is 303. The number of nitrogens with zero attached hydrogens (tertiary/aromatic N) is 1. The molecule has 5 nitrogen and oxygen atoms in total. The first-order chi connectivity index (χ1) is 5.95. The molecule has 0 aromatic carbocycles. The third kappa shape index (κ3) is 1.82. The minimum atomic E-state index is -1.27. The van der Waals surface area contributed by atoms with Gasteiger partial charge in [-0.3, -0.25) is 5.41 Å². The molecule has 8 heteroatoms. The van der Waals surface area contributed by atoms with Gasteiger partial charge in [0.05, 0.1) is 0 Å². The summed E-state index contributed by atoms with van der Waals surface area (Å²) in [5.74, 6) is -1.60. The minimum Gasteiger partial charge on any atom is -0.478 e. The summed E-state index contributed by atoms with van der Waals surface area (Å²) in [5.41, 5.74) is 0. The molecule has 0 bridgehead atoms. The summed E-state index contributed by atoms with van der Waals surface area (Å²) in [4.78, 5) is 10.6. The zero-order valence-electron chi connectivity index (χ0n) is 6.01. The second kappa shape index (κ2) is 3.61. The zero-order chi connectivity index (χ0) is 10.2. The Hall–Kier alpha value is -0.650. The van der Waals surface area contributed by atoms with Crippen LogP contribution in [0.15, 0.2) is 10.2 Å². The van der Waals surface area contributed by atoms with E-state index in [-0.39, 0.29) is 16.0 Å². The number of carboxylic acid groups (broad SMARTS) is 1. The van der Waals surface area contributed by atoms with E-state index in [4.69, 9.17) is 45.5 Å². The van der Waals surface area contributed by atoms with Crippen molar-refractivity contribution in [1.29, 1.82) is 5.41 Å². The molecule has 0 aliphatic carbocycles. The molecular formula is C5H4Cl3N3O2. The van der Waals surface area contributed by atoms with Crippen molar-refractivity contribution in [2.75, 3.05) is 0 Å². The van der Waals surface area contributed by atoms with Gasteiger partial charge in [0.2, 0.25) is 6.17 Å². The normalized spacial score (nSPS) is 23.2. The zero-order valence-corrected chi connectivity index (χ0v) is 8.28. The molecule has 1 heterocycles. The topological polar surface area (TPSA) is 76.4 Å². The third-order valence-corrected chi connectivity index (χ3v) is 2.47. The molecule has 13 heavy (non-hydrogen) atoms. The van der Waals surface area contributed by atoms with Crippen LogP contribution in [0.25, 0.3) is 0 Å². The Morgan fingerprint density at radius 3 is 2.62 bits per heavy atom. The van der Waals surface area contributed by atoms with Crippen molar-refractivity contribution in [3.05, 3.63) is 10.2 Å². The number of rotatable bonds is 1. The second-order valence-corrected chi connectivity index (χ2v) is 3.29. The number of hydrogen-bond acceptors (Lipinski definition) is 3. The average Bonchev–Trinajstić information content (AvgIpc) is 2.07. The number of halogens is 3. The lowest BCUT2D eigenvalue weighted by Crippen LogP contribution is -2.51. The van der Waals surface area contributed by atoms with E-state index in [0.29, 0.717) is 4.42 Å².